The van der Waals surface area contributed by atoms with Gasteiger partial charge in [-0.2, -0.15) is 0 Å². The number of nitrogens with zero attached hydrogens (tertiary/aromatic N) is 4. The van der Waals surface area contributed by atoms with Crippen LogP contribution in [0.2, 0.25) is 0 Å². The molecule has 0 spiro atoms. The number of benzene rings is 1. The second-order valence-electron chi connectivity index (χ2n) is 6.98. The number of carbonyl (C=O) groups is 1. The summed E-state index contributed by atoms with van der Waals surface area (Å²) in [5, 5.41) is 11.6. The lowest BCUT2D eigenvalue weighted by molar-refractivity contribution is -0.123. The van der Waals surface area contributed by atoms with Gasteiger partial charge in [0, 0.05) is 38.3 Å². The fraction of sp³-hybridized carbons (Fsp3) is 0.526. The number of hydrogen-bond donors (Lipinski definition) is 1. The van der Waals surface area contributed by atoms with E-state index in [4.69, 9.17) is 4.74 Å². The van der Waals surface area contributed by atoms with Crippen LogP contribution in [-0.2, 0) is 16.1 Å². The summed E-state index contributed by atoms with van der Waals surface area (Å²) >= 11 is 0. The molecule has 1 N–H and O–H groups in total. The van der Waals surface area contributed by atoms with E-state index in [0.717, 1.165) is 57.8 Å². The highest BCUT2D eigenvalue weighted by Gasteiger charge is 2.31. The molecular formula is C19H24FN5O2. The Morgan fingerprint density at radius 1 is 1.19 bits per heavy atom. The molecule has 144 valence electrons. The van der Waals surface area contributed by atoms with Crippen LogP contribution in [0.15, 0.2) is 24.3 Å². The molecule has 1 atom stereocenters. The van der Waals surface area contributed by atoms with E-state index in [0.29, 0.717) is 18.2 Å². The Balaban J connectivity index is 1.42. The molecule has 7 nitrogen and oxygen atoms in total. The van der Waals surface area contributed by atoms with Crippen molar-refractivity contribution in [1.82, 2.24) is 25.0 Å². The van der Waals surface area contributed by atoms with Crippen molar-refractivity contribution < 1.29 is 13.9 Å². The predicted octanol–water partition coefficient (Wildman–Crippen LogP) is 1.41. The largest absolute Gasteiger partial charge is 0.379 e. The molecule has 1 aromatic carbocycles. The molecule has 0 bridgehead atoms. The smallest absolute Gasteiger partial charge is 0.230 e. The van der Waals surface area contributed by atoms with Crippen LogP contribution in [0.3, 0.4) is 0 Å². The first-order valence-electron chi connectivity index (χ1n) is 9.49. The van der Waals surface area contributed by atoms with Crippen molar-refractivity contribution in [2.24, 2.45) is 0 Å². The zero-order valence-corrected chi connectivity index (χ0v) is 15.2. The van der Waals surface area contributed by atoms with E-state index in [1.54, 1.807) is 12.1 Å². The average Bonchev–Trinajstić information content (AvgIpc) is 3.13. The SMILES string of the molecule is O=C(NCCN1CCOCC1)C1CCCn2c(-c3ccc(F)cc3)nnc21. The lowest BCUT2D eigenvalue weighted by Gasteiger charge is -2.27. The van der Waals surface area contributed by atoms with Crippen molar-refractivity contribution in [3.05, 3.63) is 35.9 Å². The molecule has 2 aliphatic heterocycles. The monoisotopic (exact) mass is 373 g/mol. The number of morpholine rings is 1. The second-order valence-corrected chi connectivity index (χ2v) is 6.98. The van der Waals surface area contributed by atoms with E-state index in [9.17, 15) is 9.18 Å². The topological polar surface area (TPSA) is 72.3 Å². The quantitative estimate of drug-likeness (QED) is 0.858. The summed E-state index contributed by atoms with van der Waals surface area (Å²) < 4.78 is 20.5. The summed E-state index contributed by atoms with van der Waals surface area (Å²) in [6, 6.07) is 6.21. The number of fused-ring (bicyclic) bond motifs is 1. The molecule has 4 rings (SSSR count). The van der Waals surface area contributed by atoms with Crippen LogP contribution in [0.5, 0.6) is 0 Å². The summed E-state index contributed by atoms with van der Waals surface area (Å²) in [7, 11) is 0. The number of hydrogen-bond acceptors (Lipinski definition) is 5. The molecule has 2 aromatic rings. The second kappa shape index (κ2) is 8.14. The Hall–Kier alpha value is -2.32. The Morgan fingerprint density at radius 3 is 2.74 bits per heavy atom. The number of carbonyl (C=O) groups excluding carboxylic acids is 1. The standard InChI is InChI=1S/C19H24FN5O2/c20-15-5-3-14(4-6-15)17-22-23-18-16(2-1-8-25(17)18)19(26)21-7-9-24-10-12-27-13-11-24/h3-6,16H,1-2,7-13H2,(H,21,26). The minimum atomic E-state index is -0.287. The molecule has 3 heterocycles. The van der Waals surface area contributed by atoms with Gasteiger partial charge in [-0.05, 0) is 37.1 Å². The van der Waals surface area contributed by atoms with Crippen LogP contribution in [0.1, 0.15) is 24.6 Å². The third kappa shape index (κ3) is 4.01. The molecule has 1 fully saturated rings. The Bertz CT molecular complexity index is 786. The van der Waals surface area contributed by atoms with Gasteiger partial charge >= 0.3 is 0 Å². The molecule has 2 aliphatic rings. The zero-order chi connectivity index (χ0) is 18.6. The average molecular weight is 373 g/mol. The number of aromatic nitrogens is 3. The maximum atomic E-state index is 13.2. The number of amides is 1. The van der Waals surface area contributed by atoms with Gasteiger partial charge in [0.1, 0.15) is 11.6 Å². The van der Waals surface area contributed by atoms with E-state index >= 15 is 0 Å². The first-order chi connectivity index (χ1) is 13.2. The summed E-state index contributed by atoms with van der Waals surface area (Å²) in [5.41, 5.74) is 0.809. The van der Waals surface area contributed by atoms with E-state index in [2.05, 4.69) is 20.4 Å². The number of nitrogens with one attached hydrogen (secondary N) is 1. The van der Waals surface area contributed by atoms with Crippen molar-refractivity contribution in [2.75, 3.05) is 39.4 Å². The van der Waals surface area contributed by atoms with Gasteiger partial charge in [-0.25, -0.2) is 4.39 Å². The van der Waals surface area contributed by atoms with Gasteiger partial charge in [0.2, 0.25) is 5.91 Å². The van der Waals surface area contributed by atoms with E-state index in [-0.39, 0.29) is 17.6 Å². The van der Waals surface area contributed by atoms with Crippen molar-refractivity contribution in [2.45, 2.75) is 25.3 Å². The van der Waals surface area contributed by atoms with Crippen LogP contribution >= 0.6 is 0 Å². The number of halogens is 1. The summed E-state index contributed by atoms with van der Waals surface area (Å²) in [6.07, 6.45) is 1.66. The Kier molecular flexibility index (Phi) is 5.45. The lowest BCUT2D eigenvalue weighted by Crippen LogP contribution is -2.42. The Morgan fingerprint density at radius 2 is 1.96 bits per heavy atom. The van der Waals surface area contributed by atoms with Crippen LogP contribution in [0, 0.1) is 5.82 Å². The summed E-state index contributed by atoms with van der Waals surface area (Å²) in [4.78, 5) is 15.0. The van der Waals surface area contributed by atoms with Gasteiger partial charge in [0.05, 0.1) is 19.1 Å². The highest BCUT2D eigenvalue weighted by atomic mass is 19.1. The van der Waals surface area contributed by atoms with Gasteiger partial charge in [0.15, 0.2) is 5.82 Å². The predicted molar refractivity (Wildman–Crippen MR) is 97.7 cm³/mol. The maximum absolute atomic E-state index is 13.2. The van der Waals surface area contributed by atoms with Crippen LogP contribution < -0.4 is 5.32 Å². The maximum Gasteiger partial charge on any atom is 0.230 e. The highest BCUT2D eigenvalue weighted by Crippen LogP contribution is 2.30. The van der Waals surface area contributed by atoms with Gasteiger partial charge < -0.3 is 14.6 Å². The minimum Gasteiger partial charge on any atom is -0.379 e. The third-order valence-corrected chi connectivity index (χ3v) is 5.22. The van der Waals surface area contributed by atoms with Crippen LogP contribution in [0.4, 0.5) is 4.39 Å². The summed E-state index contributed by atoms with van der Waals surface area (Å²) in [6.45, 7) is 5.55. The van der Waals surface area contributed by atoms with E-state index in [1.807, 2.05) is 4.57 Å². The normalized spacial score (nSPS) is 20.3. The van der Waals surface area contributed by atoms with Gasteiger partial charge in [0.25, 0.3) is 0 Å². The summed E-state index contributed by atoms with van der Waals surface area (Å²) in [5.74, 6) is 0.822. The molecule has 1 unspecified atom stereocenters. The highest BCUT2D eigenvalue weighted by molar-refractivity contribution is 5.83. The van der Waals surface area contributed by atoms with Crippen molar-refractivity contribution >= 4 is 5.91 Å². The minimum absolute atomic E-state index is 0.00210. The fourth-order valence-electron chi connectivity index (χ4n) is 3.72. The van der Waals surface area contributed by atoms with Gasteiger partial charge in [-0.1, -0.05) is 0 Å². The molecule has 0 aliphatic carbocycles. The van der Waals surface area contributed by atoms with Crippen molar-refractivity contribution in [1.29, 1.82) is 0 Å². The van der Waals surface area contributed by atoms with E-state index in [1.165, 1.54) is 12.1 Å². The van der Waals surface area contributed by atoms with E-state index < -0.39 is 0 Å². The third-order valence-electron chi connectivity index (χ3n) is 5.22. The zero-order valence-electron chi connectivity index (χ0n) is 15.2. The van der Waals surface area contributed by atoms with Crippen LogP contribution in [0.25, 0.3) is 11.4 Å². The van der Waals surface area contributed by atoms with Crippen molar-refractivity contribution in [3.8, 4) is 11.4 Å². The molecule has 27 heavy (non-hydrogen) atoms. The molecule has 8 heteroatoms. The Labute approximate surface area is 157 Å². The lowest BCUT2D eigenvalue weighted by atomic mass is 9.97. The van der Waals surface area contributed by atoms with Crippen molar-refractivity contribution in [3.63, 3.8) is 0 Å². The fourth-order valence-corrected chi connectivity index (χ4v) is 3.72. The molecule has 1 saturated heterocycles. The van der Waals surface area contributed by atoms with Gasteiger partial charge in [-0.15, -0.1) is 10.2 Å². The number of ether oxygens (including phenoxy) is 1. The first kappa shape index (κ1) is 18.1. The molecule has 1 amide bonds. The molecule has 0 saturated carbocycles. The molecule has 0 radical (unpaired) electrons. The molecule has 1 aromatic heterocycles. The van der Waals surface area contributed by atoms with Gasteiger partial charge in [-0.3, -0.25) is 9.69 Å². The first-order valence-corrected chi connectivity index (χ1v) is 9.49. The molecular weight excluding hydrogens is 349 g/mol. The van der Waals surface area contributed by atoms with Crippen LogP contribution in [-0.4, -0.2) is 65.0 Å². The number of rotatable bonds is 5.